The molecule has 0 aliphatic heterocycles. The van der Waals surface area contributed by atoms with E-state index in [9.17, 15) is 24.3 Å². The molecule has 0 bridgehead atoms. The Kier molecular flexibility index (Phi) is 6.42. The van der Waals surface area contributed by atoms with Crippen LogP contribution in [0.4, 0.5) is 0 Å². The molecule has 10 atom stereocenters. The summed E-state index contributed by atoms with van der Waals surface area (Å²) in [6.07, 6.45) is 4.49. The van der Waals surface area contributed by atoms with E-state index in [0.29, 0.717) is 31.3 Å². The topological polar surface area (TPSA) is 107 Å². The van der Waals surface area contributed by atoms with E-state index in [0.717, 1.165) is 24.0 Å². The number of aliphatic hydroxyl groups excluding tert-OH is 1. The van der Waals surface area contributed by atoms with Gasteiger partial charge in [-0.1, -0.05) is 47.1 Å². The Hall–Kier alpha value is -2.28. The quantitative estimate of drug-likeness (QED) is 0.412. The van der Waals surface area contributed by atoms with Crippen LogP contribution in [-0.2, 0) is 28.7 Å². The number of hydrogen-bond acceptors (Lipinski definition) is 7. The average Bonchev–Trinajstić information content (AvgIpc) is 3.35. The summed E-state index contributed by atoms with van der Waals surface area (Å²) in [5, 5.41) is 11.6. The SMILES string of the molecule is COC(=O)C12C(=O)C=C(C3CC4=C(C(O)C3)C(C)C3(C)CCC(C)C3(C(=O)OC)C4=O)C(C)C1(C)CCC2C. The highest BCUT2D eigenvalue weighted by atomic mass is 16.5. The van der Waals surface area contributed by atoms with Crippen LogP contribution < -0.4 is 0 Å². The van der Waals surface area contributed by atoms with E-state index in [4.69, 9.17) is 9.47 Å². The van der Waals surface area contributed by atoms with Crippen molar-refractivity contribution in [3.8, 4) is 0 Å². The first kappa shape index (κ1) is 28.3. The third-order valence-electron chi connectivity index (χ3n) is 12.8. The molecule has 39 heavy (non-hydrogen) atoms. The van der Waals surface area contributed by atoms with Gasteiger partial charge in [-0.15, -0.1) is 0 Å². The van der Waals surface area contributed by atoms with Crippen molar-refractivity contribution in [2.45, 2.75) is 86.2 Å². The van der Waals surface area contributed by atoms with Crippen LogP contribution in [0.1, 0.15) is 80.1 Å². The van der Waals surface area contributed by atoms with Gasteiger partial charge in [0.25, 0.3) is 0 Å². The molecule has 1 N–H and O–H groups in total. The number of carbonyl (C=O) groups excluding carboxylic acids is 4. The number of carbonyl (C=O) groups is 4. The van der Waals surface area contributed by atoms with E-state index in [1.807, 2.05) is 34.6 Å². The van der Waals surface area contributed by atoms with Crippen LogP contribution in [0.5, 0.6) is 0 Å². The molecule has 2 saturated carbocycles. The van der Waals surface area contributed by atoms with Gasteiger partial charge in [-0.05, 0) is 96.2 Å². The number of ether oxygens (including phenoxy) is 2. The van der Waals surface area contributed by atoms with Crippen molar-refractivity contribution in [1.29, 1.82) is 0 Å². The van der Waals surface area contributed by atoms with Crippen LogP contribution in [-0.4, -0.2) is 48.9 Å². The van der Waals surface area contributed by atoms with E-state index in [1.165, 1.54) is 14.2 Å². The predicted molar refractivity (Wildman–Crippen MR) is 144 cm³/mol. The summed E-state index contributed by atoms with van der Waals surface area (Å²) in [7, 11) is 2.69. The maximum atomic E-state index is 14.5. The van der Waals surface area contributed by atoms with Crippen LogP contribution in [0.15, 0.2) is 22.8 Å². The maximum absolute atomic E-state index is 14.5. The van der Waals surface area contributed by atoms with Crippen LogP contribution in [0, 0.1) is 51.2 Å². The van der Waals surface area contributed by atoms with Gasteiger partial charge in [0.2, 0.25) is 0 Å². The summed E-state index contributed by atoms with van der Waals surface area (Å²) >= 11 is 0. The Labute approximate surface area is 231 Å². The number of Topliss-reactive ketones (excluding diaryl/α,β-unsaturated/α-hetero) is 1. The van der Waals surface area contributed by atoms with E-state index in [1.54, 1.807) is 6.08 Å². The van der Waals surface area contributed by atoms with Crippen molar-refractivity contribution in [2.24, 2.45) is 51.2 Å². The Morgan fingerprint density at radius 1 is 0.872 bits per heavy atom. The Morgan fingerprint density at radius 3 is 1.95 bits per heavy atom. The van der Waals surface area contributed by atoms with Crippen molar-refractivity contribution >= 4 is 23.5 Å². The first-order valence-corrected chi connectivity index (χ1v) is 14.6. The summed E-state index contributed by atoms with van der Waals surface area (Å²) in [5.41, 5.74) is -1.59. The van der Waals surface area contributed by atoms with Crippen LogP contribution >= 0.6 is 0 Å². The zero-order chi connectivity index (χ0) is 28.9. The van der Waals surface area contributed by atoms with Gasteiger partial charge in [-0.25, -0.2) is 0 Å². The van der Waals surface area contributed by atoms with Crippen molar-refractivity contribution in [1.82, 2.24) is 0 Å². The normalized spacial score (nSPS) is 47.3. The van der Waals surface area contributed by atoms with E-state index in [-0.39, 0.29) is 41.2 Å². The van der Waals surface area contributed by atoms with Gasteiger partial charge in [0.05, 0.1) is 20.3 Å². The Bertz CT molecular complexity index is 1210. The molecule has 0 aromatic heterocycles. The van der Waals surface area contributed by atoms with E-state index in [2.05, 4.69) is 6.92 Å². The molecule has 0 amide bonds. The summed E-state index contributed by atoms with van der Waals surface area (Å²) in [6.45, 7) is 12.1. The van der Waals surface area contributed by atoms with E-state index >= 15 is 0 Å². The lowest BCUT2D eigenvalue weighted by Gasteiger charge is -2.54. The fraction of sp³-hybridized carbons (Fsp3) is 0.750. The molecule has 2 fully saturated rings. The number of allylic oxidation sites excluding steroid dienone is 3. The number of hydrogen-bond donors (Lipinski definition) is 1. The fourth-order valence-corrected chi connectivity index (χ4v) is 10.4. The molecule has 7 heteroatoms. The minimum atomic E-state index is -1.28. The summed E-state index contributed by atoms with van der Waals surface area (Å²) in [4.78, 5) is 55.1. The van der Waals surface area contributed by atoms with Gasteiger partial charge in [-0.2, -0.15) is 0 Å². The predicted octanol–water partition coefficient (Wildman–Crippen LogP) is 4.61. The van der Waals surface area contributed by atoms with Gasteiger partial charge in [-0.3, -0.25) is 19.2 Å². The largest absolute Gasteiger partial charge is 0.468 e. The van der Waals surface area contributed by atoms with E-state index < -0.39 is 39.7 Å². The molecule has 5 aliphatic rings. The van der Waals surface area contributed by atoms with Crippen molar-refractivity contribution in [2.75, 3.05) is 14.2 Å². The van der Waals surface area contributed by atoms with Gasteiger partial charge < -0.3 is 14.6 Å². The summed E-state index contributed by atoms with van der Waals surface area (Å²) in [5.74, 6) is -2.24. The average molecular weight is 541 g/mol. The summed E-state index contributed by atoms with van der Waals surface area (Å²) in [6, 6.07) is 0. The molecule has 0 saturated heterocycles. The third-order valence-corrected chi connectivity index (χ3v) is 12.8. The van der Waals surface area contributed by atoms with Gasteiger partial charge in [0.1, 0.15) is 10.8 Å². The molecule has 5 rings (SSSR count). The van der Waals surface area contributed by atoms with Crippen LogP contribution in [0.2, 0.25) is 0 Å². The number of esters is 2. The summed E-state index contributed by atoms with van der Waals surface area (Å²) < 4.78 is 10.5. The highest BCUT2D eigenvalue weighted by Crippen LogP contribution is 2.69. The second-order valence-electron chi connectivity index (χ2n) is 13.7. The second kappa shape index (κ2) is 8.86. The molecule has 0 radical (unpaired) electrons. The number of ketones is 2. The molecule has 5 aliphatic carbocycles. The molecule has 0 spiro atoms. The molecule has 0 aromatic carbocycles. The number of rotatable bonds is 3. The Morgan fingerprint density at radius 2 is 1.38 bits per heavy atom. The molecule has 0 heterocycles. The smallest absolute Gasteiger partial charge is 0.320 e. The fourth-order valence-electron chi connectivity index (χ4n) is 10.4. The number of fused-ring (bicyclic) bond motifs is 2. The minimum Gasteiger partial charge on any atom is -0.468 e. The lowest BCUT2D eigenvalue weighted by Crippen LogP contribution is -2.60. The van der Waals surface area contributed by atoms with Crippen molar-refractivity contribution in [3.05, 3.63) is 22.8 Å². The number of methoxy groups -OCH3 is 2. The van der Waals surface area contributed by atoms with Gasteiger partial charge in [0, 0.05) is 0 Å². The third kappa shape index (κ3) is 3.03. The lowest BCUT2D eigenvalue weighted by atomic mass is 9.47. The van der Waals surface area contributed by atoms with Gasteiger partial charge in [0.15, 0.2) is 11.6 Å². The molecule has 7 nitrogen and oxygen atoms in total. The second-order valence-corrected chi connectivity index (χ2v) is 13.7. The monoisotopic (exact) mass is 540 g/mol. The van der Waals surface area contributed by atoms with Crippen LogP contribution in [0.25, 0.3) is 0 Å². The first-order valence-electron chi connectivity index (χ1n) is 14.6. The highest BCUT2D eigenvalue weighted by molar-refractivity contribution is 6.15. The molecular weight excluding hydrogens is 496 g/mol. The highest BCUT2D eigenvalue weighted by Gasteiger charge is 2.72. The molecule has 214 valence electrons. The van der Waals surface area contributed by atoms with Crippen LogP contribution in [0.3, 0.4) is 0 Å². The zero-order valence-electron chi connectivity index (χ0n) is 24.7. The lowest BCUT2D eigenvalue weighted by molar-refractivity contribution is -0.172. The standard InChI is InChI=1S/C32H44O7/c1-16-9-11-29(5)18(3)21(15-24(34)31(16,29)27(36)38-7)20-13-22-25(23(33)14-20)19(4)30(6)12-10-17(2)32(30,26(22)35)28(37)39-8/h15-20,23,33H,9-14H2,1-8H3. The zero-order valence-corrected chi connectivity index (χ0v) is 24.7. The van der Waals surface area contributed by atoms with Crippen molar-refractivity contribution in [3.63, 3.8) is 0 Å². The van der Waals surface area contributed by atoms with Crippen molar-refractivity contribution < 1.29 is 33.8 Å². The molecule has 10 unspecified atom stereocenters. The minimum absolute atomic E-state index is 0.125. The molecule has 0 aromatic rings. The maximum Gasteiger partial charge on any atom is 0.320 e. The molecular formula is C32H44O7. The number of aliphatic hydroxyl groups is 1. The first-order chi connectivity index (χ1) is 18.2. The van der Waals surface area contributed by atoms with Gasteiger partial charge >= 0.3 is 11.9 Å². The Balaban J connectivity index is 1.61.